The van der Waals surface area contributed by atoms with Gasteiger partial charge in [-0.1, -0.05) is 94.4 Å². The maximum Gasteiger partial charge on any atom is 0.355 e. The summed E-state index contributed by atoms with van der Waals surface area (Å²) < 4.78 is 9.88. The van der Waals surface area contributed by atoms with Crippen molar-refractivity contribution in [2.24, 2.45) is 21.7 Å². The van der Waals surface area contributed by atoms with Crippen molar-refractivity contribution in [3.63, 3.8) is 0 Å². The highest BCUT2D eigenvalue weighted by atomic mass is 32.1. The lowest BCUT2D eigenvalue weighted by Crippen LogP contribution is -2.83. The number of para-hydroxylation sites is 1. The van der Waals surface area contributed by atoms with Gasteiger partial charge >= 0.3 is 5.97 Å². The van der Waals surface area contributed by atoms with E-state index in [2.05, 4.69) is 84.3 Å². The third-order valence-corrected chi connectivity index (χ3v) is 24.3. The van der Waals surface area contributed by atoms with Crippen LogP contribution in [0.25, 0.3) is 21.3 Å². The number of anilines is 4. The fraction of sp³-hybridized carbons (Fsp3) is 0.592. The van der Waals surface area contributed by atoms with Crippen molar-refractivity contribution in [2.75, 3.05) is 56.6 Å². The lowest BCUT2D eigenvalue weighted by atomic mass is 9.23. The Morgan fingerprint density at radius 2 is 1.62 bits per heavy atom. The summed E-state index contributed by atoms with van der Waals surface area (Å²) in [4.78, 5) is 66.7. The minimum Gasteiger partial charge on any atom is -0.632 e. The largest absolute Gasteiger partial charge is 0.632 e. The molecule has 0 radical (unpaired) electrons. The molecule has 7 atom stereocenters. The molecule has 91 heavy (non-hydrogen) atoms. The van der Waals surface area contributed by atoms with Crippen LogP contribution in [0.2, 0.25) is 0 Å². The Bertz CT molecular complexity index is 3790. The molecule has 4 aliphatic carbocycles. The third kappa shape index (κ3) is 10.9. The van der Waals surface area contributed by atoms with E-state index in [0.717, 1.165) is 140 Å². The van der Waals surface area contributed by atoms with E-state index in [1.807, 2.05) is 46.3 Å². The van der Waals surface area contributed by atoms with Crippen LogP contribution in [0.15, 0.2) is 60.8 Å². The number of hydroxylamine groups is 3. The number of aromatic nitrogens is 6. The number of nitrogens with zero attached hydrogens (tertiary/aromatic N) is 10. The van der Waals surface area contributed by atoms with E-state index in [-0.39, 0.29) is 64.3 Å². The molecule has 19 nitrogen and oxygen atoms in total. The molecule has 2 bridgehead atoms. The monoisotopic (exact) mass is 1250 g/mol. The number of fused-ring (bicyclic) bond motifs is 4. The van der Waals surface area contributed by atoms with Gasteiger partial charge in [0.25, 0.3) is 5.91 Å². The molecule has 482 valence electrons. The number of carboxylic acids is 1. The topological polar surface area (TPSA) is 224 Å². The Labute approximate surface area is 538 Å². The number of likely N-dealkylation sites (N-methyl/N-ethyl adjacent to an activating group) is 1. The van der Waals surface area contributed by atoms with Crippen molar-refractivity contribution in [1.29, 1.82) is 0 Å². The average molecular weight is 1260 g/mol. The Balaban J connectivity index is 0.501. The van der Waals surface area contributed by atoms with Gasteiger partial charge in [-0.05, 0) is 151 Å². The molecular formula is C71H90N12O7S. The molecule has 2 aromatic carbocycles. The Kier molecular flexibility index (Phi) is 16.3. The van der Waals surface area contributed by atoms with E-state index in [1.54, 1.807) is 11.3 Å². The molecule has 14 rings (SSSR count). The predicted octanol–water partition coefficient (Wildman–Crippen LogP) is 12.6. The minimum atomic E-state index is -1.08. The first-order chi connectivity index (χ1) is 43.8. The van der Waals surface area contributed by atoms with Gasteiger partial charge in [-0.2, -0.15) is 5.10 Å². The second-order valence-electron chi connectivity index (χ2n) is 29.5. The van der Waals surface area contributed by atoms with Crippen molar-refractivity contribution in [3.8, 4) is 11.1 Å². The molecule has 6 aromatic rings. The summed E-state index contributed by atoms with van der Waals surface area (Å²) in [5.74, 6) is 0.699. The molecule has 4 aliphatic heterocycles. The summed E-state index contributed by atoms with van der Waals surface area (Å²) in [6, 6.07) is 17.5. The summed E-state index contributed by atoms with van der Waals surface area (Å²) >= 11 is 1.58. The smallest absolute Gasteiger partial charge is 0.355 e. The molecule has 2 saturated heterocycles. The number of unbranched alkanes of at least 4 members (excludes halogenated alkanes) is 8. The van der Waals surface area contributed by atoms with Gasteiger partial charge in [0.1, 0.15) is 18.9 Å². The van der Waals surface area contributed by atoms with Crippen LogP contribution in [-0.2, 0) is 45.2 Å². The lowest BCUT2D eigenvalue weighted by Gasteiger charge is -2.83. The van der Waals surface area contributed by atoms with E-state index >= 15 is 0 Å². The van der Waals surface area contributed by atoms with Gasteiger partial charge in [0, 0.05) is 102 Å². The van der Waals surface area contributed by atoms with E-state index < -0.39 is 22.6 Å². The number of hydrogen-bond acceptors (Lipinski definition) is 15. The number of carboxylic acid groups (broad SMARTS) is 1. The number of nitrogens with one attached hydrogen (secondary N) is 2. The maximum absolute atomic E-state index is 13.8. The van der Waals surface area contributed by atoms with Crippen LogP contribution in [0.1, 0.15) is 192 Å². The van der Waals surface area contributed by atoms with Gasteiger partial charge in [0.15, 0.2) is 28.5 Å². The summed E-state index contributed by atoms with van der Waals surface area (Å²) in [6.45, 7) is 15.4. The highest BCUT2D eigenvalue weighted by molar-refractivity contribution is 7.22. The Morgan fingerprint density at radius 3 is 2.38 bits per heavy atom. The van der Waals surface area contributed by atoms with Crippen LogP contribution < -0.4 is 15.5 Å². The quantitative estimate of drug-likeness (QED) is 0.0210. The number of piperidine rings is 2. The number of likely N-dealkylation sites (tertiary alicyclic amines) is 1. The molecule has 4 aromatic heterocycles. The summed E-state index contributed by atoms with van der Waals surface area (Å²) in [6.07, 6.45) is 22.9. The number of carbonyl (C=O) groups excluding carboxylic acids is 3. The van der Waals surface area contributed by atoms with Gasteiger partial charge in [0.05, 0.1) is 28.6 Å². The van der Waals surface area contributed by atoms with Crippen molar-refractivity contribution < 1.29 is 33.7 Å². The minimum absolute atomic E-state index is 0.0000847. The summed E-state index contributed by atoms with van der Waals surface area (Å²) in [7, 11) is 2.25. The van der Waals surface area contributed by atoms with Crippen LogP contribution in [0, 0.1) is 40.7 Å². The van der Waals surface area contributed by atoms with E-state index in [4.69, 9.17) is 24.9 Å². The fourth-order valence-corrected chi connectivity index (χ4v) is 20.5. The molecule has 8 heterocycles. The predicted molar refractivity (Wildman–Crippen MR) is 351 cm³/mol. The van der Waals surface area contributed by atoms with Crippen LogP contribution in [0.4, 0.5) is 22.6 Å². The number of ether oxygens (including phenoxy) is 1. The zero-order chi connectivity index (χ0) is 63.1. The van der Waals surface area contributed by atoms with Gasteiger partial charge in [-0.3, -0.25) is 24.4 Å². The number of benzene rings is 2. The van der Waals surface area contributed by atoms with Crippen LogP contribution in [-0.4, -0.2) is 131 Å². The van der Waals surface area contributed by atoms with Gasteiger partial charge < -0.3 is 39.7 Å². The van der Waals surface area contributed by atoms with E-state index in [9.17, 15) is 29.5 Å². The molecule has 4 saturated carbocycles. The molecule has 7 unspecified atom stereocenters. The molecule has 1 spiro atoms. The van der Waals surface area contributed by atoms with Crippen molar-refractivity contribution >= 4 is 67.8 Å². The highest BCUT2D eigenvalue weighted by Gasteiger charge is 2.93. The first-order valence-corrected chi connectivity index (χ1v) is 34.8. The Morgan fingerprint density at radius 1 is 0.846 bits per heavy atom. The first-order valence-electron chi connectivity index (χ1n) is 34.0. The van der Waals surface area contributed by atoms with Crippen molar-refractivity contribution in [2.45, 2.75) is 200 Å². The van der Waals surface area contributed by atoms with Crippen LogP contribution in [0.3, 0.4) is 0 Å². The Hall–Kier alpha value is -6.71. The van der Waals surface area contributed by atoms with E-state index in [1.165, 1.54) is 69.8 Å². The second-order valence-corrected chi connectivity index (χ2v) is 30.5. The van der Waals surface area contributed by atoms with E-state index in [0.29, 0.717) is 48.3 Å². The zero-order valence-corrected chi connectivity index (χ0v) is 54.7. The number of thiazole rings is 1. The zero-order valence-electron chi connectivity index (χ0n) is 53.9. The standard InChI is InChI=1S/C71H90N12O7S/c1-46-52-18-17-31-81(63(52)78-77-62(46)76-66-73-55-19-14-15-20-57(55)91-66)58-26-24-53(61(74-58)65(87)88)54-37-72-82(47(54)2)45-69-43-68(4)40-67(3)41-70(44-69,71(68,69)42-67)90-35-34-79(5)30-16-12-10-8-6-7-9-11-13-21-60(85)80-32-28-48(29-33-80)49-22-23-50-38-83(89,39-51(50)36-49)56-25-27-59(84)75-64(56)86/h14-15,19-20,22-24,26,36-37,48,56H,6-13,16-18,21,25,27-35,38-45H2,1-5H3,(H,87,88)(H,73,76,77)(H,75,84,86). The van der Waals surface area contributed by atoms with Gasteiger partial charge in [-0.15, -0.1) is 10.2 Å². The molecule has 6 fully saturated rings. The number of pyridine rings is 1. The number of aromatic carboxylic acids is 1. The number of quaternary nitrogens is 1. The maximum atomic E-state index is 13.8. The van der Waals surface area contributed by atoms with Gasteiger partial charge in [0.2, 0.25) is 11.8 Å². The molecular weight excluding hydrogens is 1160 g/mol. The normalized spacial score (nSPS) is 28.1. The average Bonchev–Trinajstić information content (AvgIpc) is 1.47. The lowest BCUT2D eigenvalue weighted by molar-refractivity contribution is -0.916. The molecule has 20 heteroatoms. The molecule has 3 amide bonds. The number of amides is 3. The summed E-state index contributed by atoms with van der Waals surface area (Å²) in [5.41, 5.74) is 9.13. The van der Waals surface area contributed by atoms with Gasteiger partial charge in [-0.25, -0.2) is 14.8 Å². The molecule has 3 N–H and O–H groups in total. The second kappa shape index (κ2) is 24.0. The van der Waals surface area contributed by atoms with Crippen molar-refractivity contribution in [1.82, 2.24) is 45.1 Å². The number of rotatable bonds is 25. The summed E-state index contributed by atoms with van der Waals surface area (Å²) in [5, 5.41) is 45.4. The third-order valence-electron chi connectivity index (χ3n) is 23.4. The van der Waals surface area contributed by atoms with Crippen LogP contribution in [0.5, 0.6) is 0 Å². The van der Waals surface area contributed by atoms with Crippen molar-refractivity contribution in [3.05, 3.63) is 105 Å². The number of hydrogen-bond donors (Lipinski definition) is 3. The van der Waals surface area contributed by atoms with Crippen LogP contribution >= 0.6 is 11.3 Å². The fourth-order valence-electron chi connectivity index (χ4n) is 19.6. The highest BCUT2D eigenvalue weighted by Crippen LogP contribution is 2.96. The number of carbonyl (C=O) groups is 4. The SMILES string of the molecule is Cc1c(Nc2nc3ccccc3s2)nnc2c1CCCN2c1ccc(-c2cnn(CC34CC5(C)CC6(C)CC(OCCN(C)CCCCCCCCCCCC(=O)N7CCC(c8ccc9c(c8)C[N+]([O-])(C8CCC(=O)NC8=O)C9)CC7)(C3)C54C6)c2C)c(C(=O)O)n1. The molecule has 8 aliphatic rings. The first kappa shape index (κ1) is 61.8. The number of imide groups is 1.